The van der Waals surface area contributed by atoms with Gasteiger partial charge in [0, 0.05) is 10.9 Å². The maximum atomic E-state index is 11.5. The van der Waals surface area contributed by atoms with Gasteiger partial charge in [0.25, 0.3) is 0 Å². The van der Waals surface area contributed by atoms with Gasteiger partial charge in [-0.1, -0.05) is 74.8 Å². The molecule has 0 aliphatic rings. The van der Waals surface area contributed by atoms with Crippen LogP contribution in [0.15, 0.2) is 66.7 Å². The lowest BCUT2D eigenvalue weighted by atomic mass is 9.96. The number of fused-ring (bicyclic) bond motifs is 1. The van der Waals surface area contributed by atoms with E-state index in [4.69, 9.17) is 16.6 Å². The molecule has 1 N–H and O–H groups in total. The van der Waals surface area contributed by atoms with Crippen LogP contribution in [-0.4, -0.2) is 20.6 Å². The summed E-state index contributed by atoms with van der Waals surface area (Å²) in [6.07, 6.45) is 1.05. The molecule has 0 amide bonds. The van der Waals surface area contributed by atoms with E-state index < -0.39 is 5.97 Å². The molecule has 1 atom stereocenters. The average molecular weight is 447 g/mol. The second-order valence-corrected chi connectivity index (χ2v) is 9.12. The van der Waals surface area contributed by atoms with Crippen LogP contribution in [0, 0.1) is 5.92 Å². The van der Waals surface area contributed by atoms with E-state index in [0.717, 1.165) is 23.3 Å². The van der Waals surface area contributed by atoms with Crippen LogP contribution in [0.1, 0.15) is 59.6 Å². The highest BCUT2D eigenvalue weighted by molar-refractivity contribution is 6.31. The summed E-state index contributed by atoms with van der Waals surface area (Å²) in [5, 5.41) is 10.1. The van der Waals surface area contributed by atoms with Crippen molar-refractivity contribution < 1.29 is 9.90 Å². The van der Waals surface area contributed by atoms with Crippen molar-refractivity contribution in [3.05, 3.63) is 99.8 Å². The number of halogens is 1. The Kier molecular flexibility index (Phi) is 6.33. The monoisotopic (exact) mass is 446 g/mol. The summed E-state index contributed by atoms with van der Waals surface area (Å²) in [5.74, 6) is 0.578. The molecular weight excluding hydrogens is 420 g/mol. The SMILES string of the molecule is CC(C)Cc1ccc(C(C)c2nc3cc(C(=O)O)ccc3n2Cc2ccccc2Cl)cc1. The van der Waals surface area contributed by atoms with Gasteiger partial charge < -0.3 is 9.67 Å². The molecule has 164 valence electrons. The number of aromatic nitrogens is 2. The maximum Gasteiger partial charge on any atom is 0.335 e. The number of carbonyl (C=O) groups is 1. The molecule has 0 aliphatic carbocycles. The summed E-state index contributed by atoms with van der Waals surface area (Å²) in [6.45, 7) is 7.14. The van der Waals surface area contributed by atoms with Crippen molar-refractivity contribution in [2.45, 2.75) is 39.7 Å². The standard InChI is InChI=1S/C27H27ClN2O2/c1-17(2)14-19-8-10-20(11-9-19)18(3)26-29-24-15-21(27(31)32)12-13-25(24)30(26)16-22-6-4-5-7-23(22)28/h4-13,15,17-18H,14,16H2,1-3H3,(H,31,32). The molecule has 1 unspecified atom stereocenters. The van der Waals surface area contributed by atoms with Crippen LogP contribution in [-0.2, 0) is 13.0 Å². The Hall–Kier alpha value is -3.11. The topological polar surface area (TPSA) is 55.1 Å². The fourth-order valence-corrected chi connectivity index (χ4v) is 4.33. The van der Waals surface area contributed by atoms with Crippen LogP contribution >= 0.6 is 11.6 Å². The third-order valence-corrected chi connectivity index (χ3v) is 6.19. The van der Waals surface area contributed by atoms with Gasteiger partial charge >= 0.3 is 5.97 Å². The third-order valence-electron chi connectivity index (χ3n) is 5.82. The molecule has 0 spiro atoms. The summed E-state index contributed by atoms with van der Waals surface area (Å²) in [4.78, 5) is 16.4. The molecule has 5 heteroatoms. The number of benzene rings is 3. The van der Waals surface area contributed by atoms with E-state index in [0.29, 0.717) is 23.0 Å². The summed E-state index contributed by atoms with van der Waals surface area (Å²) in [5.41, 5.74) is 5.30. The molecule has 3 aromatic carbocycles. The fraction of sp³-hybridized carbons (Fsp3) is 0.259. The number of rotatable bonds is 7. The second kappa shape index (κ2) is 9.17. The van der Waals surface area contributed by atoms with Gasteiger partial charge in [0.1, 0.15) is 5.82 Å². The molecule has 4 rings (SSSR count). The quantitative estimate of drug-likeness (QED) is 0.340. The van der Waals surface area contributed by atoms with Crippen molar-refractivity contribution >= 4 is 28.6 Å². The number of aromatic carboxylic acids is 1. The number of hydrogen-bond donors (Lipinski definition) is 1. The molecule has 1 heterocycles. The van der Waals surface area contributed by atoms with Gasteiger partial charge in [-0.3, -0.25) is 0 Å². The van der Waals surface area contributed by atoms with Crippen LogP contribution in [0.25, 0.3) is 11.0 Å². The fourth-order valence-electron chi connectivity index (χ4n) is 4.14. The summed E-state index contributed by atoms with van der Waals surface area (Å²) in [6, 6.07) is 21.6. The highest BCUT2D eigenvalue weighted by atomic mass is 35.5. The van der Waals surface area contributed by atoms with Crippen molar-refractivity contribution in [3.63, 3.8) is 0 Å². The van der Waals surface area contributed by atoms with Crippen molar-refractivity contribution in [3.8, 4) is 0 Å². The Morgan fingerprint density at radius 3 is 2.41 bits per heavy atom. The van der Waals surface area contributed by atoms with Crippen molar-refractivity contribution in [2.75, 3.05) is 0 Å². The minimum absolute atomic E-state index is 0.0336. The van der Waals surface area contributed by atoms with E-state index >= 15 is 0 Å². The molecule has 0 saturated carbocycles. The Morgan fingerprint density at radius 2 is 1.75 bits per heavy atom. The van der Waals surface area contributed by atoms with E-state index in [1.807, 2.05) is 30.3 Å². The third kappa shape index (κ3) is 4.56. The molecule has 0 radical (unpaired) electrons. The first kappa shape index (κ1) is 22.1. The zero-order valence-corrected chi connectivity index (χ0v) is 19.3. The van der Waals surface area contributed by atoms with Crippen LogP contribution in [0.2, 0.25) is 5.02 Å². The Balaban J connectivity index is 1.79. The molecule has 4 nitrogen and oxygen atoms in total. The lowest BCUT2D eigenvalue weighted by Gasteiger charge is -2.17. The van der Waals surface area contributed by atoms with E-state index in [2.05, 4.69) is 49.6 Å². The Bertz CT molecular complexity index is 1260. The molecule has 1 aromatic heterocycles. The minimum Gasteiger partial charge on any atom is -0.478 e. The van der Waals surface area contributed by atoms with E-state index in [1.165, 1.54) is 11.1 Å². The lowest BCUT2D eigenvalue weighted by molar-refractivity contribution is 0.0697. The molecule has 4 aromatic rings. The Labute approximate surface area is 193 Å². The lowest BCUT2D eigenvalue weighted by Crippen LogP contribution is -2.10. The predicted molar refractivity (Wildman–Crippen MR) is 130 cm³/mol. The summed E-state index contributed by atoms with van der Waals surface area (Å²) >= 11 is 6.46. The van der Waals surface area contributed by atoms with Gasteiger partial charge in [-0.25, -0.2) is 9.78 Å². The van der Waals surface area contributed by atoms with Crippen LogP contribution < -0.4 is 0 Å². The number of hydrogen-bond acceptors (Lipinski definition) is 2. The predicted octanol–water partition coefficient (Wildman–Crippen LogP) is 6.79. The van der Waals surface area contributed by atoms with Crippen LogP contribution in [0.5, 0.6) is 0 Å². The highest BCUT2D eigenvalue weighted by Crippen LogP contribution is 2.30. The van der Waals surface area contributed by atoms with Gasteiger partial charge in [0.05, 0.1) is 23.1 Å². The molecule has 0 bridgehead atoms. The van der Waals surface area contributed by atoms with Gasteiger partial charge in [-0.15, -0.1) is 0 Å². The number of carboxylic acid groups (broad SMARTS) is 1. The molecule has 0 fully saturated rings. The van der Waals surface area contributed by atoms with Crippen LogP contribution in [0.3, 0.4) is 0 Å². The Morgan fingerprint density at radius 1 is 1.03 bits per heavy atom. The van der Waals surface area contributed by atoms with E-state index in [-0.39, 0.29) is 11.5 Å². The number of nitrogens with zero attached hydrogens (tertiary/aromatic N) is 2. The van der Waals surface area contributed by atoms with Gasteiger partial charge in [0.2, 0.25) is 0 Å². The van der Waals surface area contributed by atoms with Crippen molar-refractivity contribution in [1.82, 2.24) is 9.55 Å². The first-order valence-electron chi connectivity index (χ1n) is 10.9. The summed E-state index contributed by atoms with van der Waals surface area (Å²) < 4.78 is 2.15. The van der Waals surface area contributed by atoms with Crippen molar-refractivity contribution in [2.24, 2.45) is 5.92 Å². The highest BCUT2D eigenvalue weighted by Gasteiger charge is 2.20. The number of carboxylic acids is 1. The first-order valence-corrected chi connectivity index (χ1v) is 11.3. The van der Waals surface area contributed by atoms with Gasteiger partial charge in [-0.05, 0) is 53.3 Å². The van der Waals surface area contributed by atoms with Gasteiger partial charge in [0.15, 0.2) is 0 Å². The largest absolute Gasteiger partial charge is 0.478 e. The molecule has 32 heavy (non-hydrogen) atoms. The summed E-state index contributed by atoms with van der Waals surface area (Å²) in [7, 11) is 0. The maximum absolute atomic E-state index is 11.5. The zero-order valence-electron chi connectivity index (χ0n) is 18.5. The first-order chi connectivity index (χ1) is 15.3. The second-order valence-electron chi connectivity index (χ2n) is 8.72. The van der Waals surface area contributed by atoms with Crippen LogP contribution in [0.4, 0.5) is 0 Å². The smallest absolute Gasteiger partial charge is 0.335 e. The van der Waals surface area contributed by atoms with E-state index in [9.17, 15) is 9.90 Å². The normalized spacial score (nSPS) is 12.4. The molecular formula is C27H27ClN2O2. The number of imidazole rings is 1. The molecule has 0 aliphatic heterocycles. The van der Waals surface area contributed by atoms with Gasteiger partial charge in [-0.2, -0.15) is 0 Å². The minimum atomic E-state index is -0.956. The molecule has 0 saturated heterocycles. The zero-order chi connectivity index (χ0) is 22.8. The van der Waals surface area contributed by atoms with E-state index in [1.54, 1.807) is 12.1 Å². The average Bonchev–Trinajstić information content (AvgIpc) is 3.12. The van der Waals surface area contributed by atoms with Crippen molar-refractivity contribution in [1.29, 1.82) is 0 Å².